The second kappa shape index (κ2) is 6.29. The molecule has 19 heavy (non-hydrogen) atoms. The van der Waals surface area contributed by atoms with Crippen molar-refractivity contribution in [2.75, 3.05) is 11.9 Å². The number of halogens is 1. The van der Waals surface area contributed by atoms with Crippen LogP contribution in [0.1, 0.15) is 32.2 Å². The van der Waals surface area contributed by atoms with Crippen LogP contribution in [-0.4, -0.2) is 16.7 Å². The quantitative estimate of drug-likeness (QED) is 0.839. The smallest absolute Gasteiger partial charge is 0.320 e. The third-order valence-corrected chi connectivity index (χ3v) is 2.59. The number of aromatic nitrogens is 2. The Morgan fingerprint density at radius 2 is 2.21 bits per heavy atom. The summed E-state index contributed by atoms with van der Waals surface area (Å²) in [5.74, 6) is 0.190. The van der Waals surface area contributed by atoms with Gasteiger partial charge in [0.2, 0.25) is 5.89 Å². The van der Waals surface area contributed by atoms with Gasteiger partial charge < -0.3 is 15.1 Å². The summed E-state index contributed by atoms with van der Waals surface area (Å²) in [6.45, 7) is 4.93. The van der Waals surface area contributed by atoms with Crippen LogP contribution in [0.4, 0.5) is 16.1 Å². The molecule has 1 heterocycles. The highest BCUT2D eigenvalue weighted by molar-refractivity contribution is 5.51. The molecule has 0 amide bonds. The Bertz CT molecular complexity index is 529. The predicted molar refractivity (Wildman–Crippen MR) is 70.7 cm³/mol. The lowest BCUT2D eigenvalue weighted by Crippen LogP contribution is -2.19. The van der Waals surface area contributed by atoms with Crippen LogP contribution >= 0.6 is 0 Å². The number of nitrogens with one attached hydrogen (secondary N) is 2. The highest BCUT2D eigenvalue weighted by atomic mass is 19.1. The Kier molecular flexibility index (Phi) is 4.46. The maximum Gasteiger partial charge on any atom is 0.320 e. The molecule has 0 fully saturated rings. The van der Waals surface area contributed by atoms with Crippen LogP contribution in [0.5, 0.6) is 0 Å². The molecule has 1 aromatic carbocycles. The Labute approximate surface area is 111 Å². The number of hydrogen-bond acceptors (Lipinski definition) is 5. The minimum Gasteiger partial charge on any atom is -0.406 e. The molecule has 0 aliphatic rings. The van der Waals surface area contributed by atoms with Crippen LogP contribution in [0.15, 0.2) is 28.7 Å². The lowest BCUT2D eigenvalue weighted by atomic mass is 10.3. The van der Waals surface area contributed by atoms with E-state index < -0.39 is 0 Å². The van der Waals surface area contributed by atoms with Gasteiger partial charge in [-0.3, -0.25) is 0 Å². The van der Waals surface area contributed by atoms with Gasteiger partial charge in [-0.25, -0.2) is 4.39 Å². The zero-order valence-corrected chi connectivity index (χ0v) is 11.0. The zero-order valence-electron chi connectivity index (χ0n) is 11.0. The highest BCUT2D eigenvalue weighted by Crippen LogP contribution is 2.18. The van der Waals surface area contributed by atoms with Crippen molar-refractivity contribution in [1.29, 1.82) is 0 Å². The maximum atomic E-state index is 13.0. The highest BCUT2D eigenvalue weighted by Gasteiger charge is 2.13. The molecule has 0 radical (unpaired) electrons. The first-order valence-corrected chi connectivity index (χ1v) is 6.28. The van der Waals surface area contributed by atoms with E-state index in [1.165, 1.54) is 12.1 Å². The molecule has 1 atom stereocenters. The SMILES string of the molecule is CCCNC(C)c1nnc(Nc2cccc(F)c2)o1. The molecule has 2 rings (SSSR count). The van der Waals surface area contributed by atoms with Gasteiger partial charge in [-0.2, -0.15) is 0 Å². The van der Waals surface area contributed by atoms with E-state index in [1.807, 2.05) is 6.92 Å². The first kappa shape index (κ1) is 13.5. The summed E-state index contributed by atoms with van der Waals surface area (Å²) in [7, 11) is 0. The number of nitrogens with zero attached hydrogens (tertiary/aromatic N) is 2. The van der Waals surface area contributed by atoms with Gasteiger partial charge in [0.25, 0.3) is 0 Å². The van der Waals surface area contributed by atoms with Gasteiger partial charge in [-0.05, 0) is 38.1 Å². The first-order valence-electron chi connectivity index (χ1n) is 6.28. The minimum absolute atomic E-state index is 0.00416. The maximum absolute atomic E-state index is 13.0. The first-order chi connectivity index (χ1) is 9.19. The fourth-order valence-electron chi connectivity index (χ4n) is 1.60. The van der Waals surface area contributed by atoms with Gasteiger partial charge in [0, 0.05) is 5.69 Å². The molecule has 0 bridgehead atoms. The molecular weight excluding hydrogens is 247 g/mol. The third-order valence-electron chi connectivity index (χ3n) is 2.59. The predicted octanol–water partition coefficient (Wildman–Crippen LogP) is 3.01. The van der Waals surface area contributed by atoms with Crippen LogP contribution in [-0.2, 0) is 0 Å². The summed E-state index contributed by atoms with van der Waals surface area (Å²) in [5.41, 5.74) is 0.573. The zero-order chi connectivity index (χ0) is 13.7. The van der Waals surface area contributed by atoms with E-state index in [0.717, 1.165) is 13.0 Å². The van der Waals surface area contributed by atoms with Crippen LogP contribution in [0.2, 0.25) is 0 Å². The molecule has 5 nitrogen and oxygen atoms in total. The van der Waals surface area contributed by atoms with Gasteiger partial charge in [0.15, 0.2) is 0 Å². The third kappa shape index (κ3) is 3.75. The molecule has 2 aromatic rings. The molecule has 0 aliphatic carbocycles. The molecule has 0 aliphatic heterocycles. The van der Waals surface area contributed by atoms with Crippen LogP contribution in [0.25, 0.3) is 0 Å². The number of benzene rings is 1. The Morgan fingerprint density at radius 1 is 1.37 bits per heavy atom. The molecular formula is C13H17FN4O. The van der Waals surface area contributed by atoms with Gasteiger partial charge in [0.1, 0.15) is 5.82 Å². The summed E-state index contributed by atoms with van der Waals surface area (Å²) in [6, 6.07) is 6.33. The van der Waals surface area contributed by atoms with Crippen molar-refractivity contribution in [3.63, 3.8) is 0 Å². The van der Waals surface area contributed by atoms with Gasteiger partial charge in [0.05, 0.1) is 6.04 Å². The van der Waals surface area contributed by atoms with Gasteiger partial charge in [-0.1, -0.05) is 18.1 Å². The van der Waals surface area contributed by atoms with Crippen LogP contribution in [0, 0.1) is 5.82 Å². The molecule has 1 unspecified atom stereocenters. The van der Waals surface area contributed by atoms with E-state index in [1.54, 1.807) is 12.1 Å². The topological polar surface area (TPSA) is 63.0 Å². The van der Waals surface area contributed by atoms with E-state index in [4.69, 9.17) is 4.42 Å². The number of anilines is 2. The second-order valence-corrected chi connectivity index (χ2v) is 4.26. The normalized spacial score (nSPS) is 12.4. The monoisotopic (exact) mass is 264 g/mol. The minimum atomic E-state index is -0.317. The summed E-state index contributed by atoms with van der Waals surface area (Å²) in [4.78, 5) is 0. The van der Waals surface area contributed by atoms with Crippen LogP contribution in [0.3, 0.4) is 0 Å². The van der Waals surface area contributed by atoms with E-state index in [9.17, 15) is 4.39 Å². The van der Waals surface area contributed by atoms with Crippen molar-refractivity contribution in [2.45, 2.75) is 26.3 Å². The fourth-order valence-corrected chi connectivity index (χ4v) is 1.60. The van der Waals surface area contributed by atoms with E-state index in [-0.39, 0.29) is 17.9 Å². The summed E-state index contributed by atoms with van der Waals surface area (Å²) >= 11 is 0. The number of hydrogen-bond donors (Lipinski definition) is 2. The van der Waals surface area contributed by atoms with E-state index in [2.05, 4.69) is 27.8 Å². The van der Waals surface area contributed by atoms with Crippen molar-refractivity contribution in [1.82, 2.24) is 15.5 Å². The summed E-state index contributed by atoms with van der Waals surface area (Å²) < 4.78 is 18.5. The average Bonchev–Trinajstić information content (AvgIpc) is 2.84. The summed E-state index contributed by atoms with van der Waals surface area (Å²) in [5, 5.41) is 14.0. The van der Waals surface area contributed by atoms with E-state index in [0.29, 0.717) is 11.6 Å². The number of rotatable bonds is 6. The lowest BCUT2D eigenvalue weighted by molar-refractivity contribution is 0.424. The van der Waals surface area contributed by atoms with Crippen molar-refractivity contribution in [2.24, 2.45) is 0 Å². The van der Waals surface area contributed by atoms with Crippen molar-refractivity contribution < 1.29 is 8.81 Å². The Balaban J connectivity index is 2.01. The second-order valence-electron chi connectivity index (χ2n) is 4.26. The van der Waals surface area contributed by atoms with Gasteiger partial charge >= 0.3 is 6.01 Å². The average molecular weight is 264 g/mol. The van der Waals surface area contributed by atoms with Crippen molar-refractivity contribution in [3.8, 4) is 0 Å². The van der Waals surface area contributed by atoms with Gasteiger partial charge in [-0.15, -0.1) is 5.10 Å². The molecule has 6 heteroatoms. The Hall–Kier alpha value is -1.95. The van der Waals surface area contributed by atoms with Crippen molar-refractivity contribution in [3.05, 3.63) is 36.0 Å². The summed E-state index contributed by atoms with van der Waals surface area (Å²) in [6.07, 6.45) is 1.03. The van der Waals surface area contributed by atoms with Crippen LogP contribution < -0.4 is 10.6 Å². The largest absolute Gasteiger partial charge is 0.406 e. The van der Waals surface area contributed by atoms with Crippen molar-refractivity contribution >= 4 is 11.7 Å². The Morgan fingerprint density at radius 3 is 2.95 bits per heavy atom. The molecule has 1 aromatic heterocycles. The molecule has 0 spiro atoms. The standard InChI is InChI=1S/C13H17FN4O/c1-3-7-15-9(2)12-17-18-13(19-12)16-11-6-4-5-10(14)8-11/h4-6,8-9,15H,3,7H2,1-2H3,(H,16,18). The molecule has 102 valence electrons. The van der Waals surface area contributed by atoms with E-state index >= 15 is 0 Å². The lowest BCUT2D eigenvalue weighted by Gasteiger charge is -2.07. The molecule has 0 saturated carbocycles. The molecule has 0 saturated heterocycles. The molecule has 2 N–H and O–H groups in total. The fraction of sp³-hybridized carbons (Fsp3) is 0.385.